The third-order valence-corrected chi connectivity index (χ3v) is 0. The second-order valence-corrected chi connectivity index (χ2v) is 0.692. The normalized spacial score (nSPS) is 5.83. The third-order valence-electron chi connectivity index (χ3n) is 0. The van der Waals surface area contributed by atoms with E-state index >= 15 is 0 Å². The molecular weight excluding hydrogens is 122 g/mol. The average Bonchev–Trinajstić information content (AvgIpc) is 0.811. The topological polar surface area (TPSA) is 57.5 Å². The van der Waals surface area contributed by atoms with E-state index in [1.54, 1.807) is 0 Å². The van der Waals surface area contributed by atoms with E-state index in [1.807, 2.05) is 0 Å². The fraction of sp³-hybridized carbons (Fsp3) is 0. The van der Waals surface area contributed by atoms with Crippen molar-refractivity contribution in [3.8, 4) is 0 Å². The van der Waals surface area contributed by atoms with Crippen LogP contribution in [0.25, 0.3) is 0 Å². The van der Waals surface area contributed by atoms with Crippen molar-refractivity contribution in [2.45, 2.75) is 0 Å². The maximum atomic E-state index is 8.67. The molecule has 6 heavy (non-hydrogen) atoms. The zero-order chi connectivity index (χ0) is 3.58. The Labute approximate surface area is 58.9 Å². The van der Waals surface area contributed by atoms with Crippen molar-refractivity contribution in [2.24, 2.45) is 0 Å². The molecule has 0 aliphatic heterocycles. The van der Waals surface area contributed by atoms with Gasteiger partial charge in [-0.25, -0.2) is 0 Å². The van der Waals surface area contributed by atoms with E-state index in [-0.39, 0.29) is 34.3 Å². The molecule has 0 aromatic rings. The second-order valence-electron chi connectivity index (χ2n) is 0.231. The predicted octanol–water partition coefficient (Wildman–Crippen LogP) is -0.815. The average molecular weight is 126 g/mol. The van der Waals surface area contributed by atoms with Crippen LogP contribution in [0.15, 0.2) is 0 Å². The van der Waals surface area contributed by atoms with Crippen LogP contribution in [0.2, 0.25) is 0 Å². The molecule has 6 heteroatoms. The molecule has 0 aliphatic rings. The van der Waals surface area contributed by atoms with E-state index in [1.165, 1.54) is 0 Å². The van der Waals surface area contributed by atoms with Crippen molar-refractivity contribution in [1.29, 1.82) is 0 Å². The van der Waals surface area contributed by atoms with Gasteiger partial charge in [-0.15, -0.1) is 0 Å². The minimum atomic E-state index is -2.61. The van der Waals surface area contributed by atoms with Gasteiger partial charge < -0.3 is 0 Å². The zero-order valence-electron chi connectivity index (χ0n) is 2.12. The van der Waals surface area contributed by atoms with Gasteiger partial charge in [-0.05, 0) is 0 Å². The third kappa shape index (κ3) is 80.0. The predicted molar refractivity (Wildman–Crippen MR) is 23.1 cm³/mol. The monoisotopic (exact) mass is 126 g/mol. The van der Waals surface area contributed by atoms with Crippen molar-refractivity contribution >= 4 is 40.9 Å². The molecule has 2 N–H and O–H groups in total. The summed E-state index contributed by atoms with van der Waals surface area (Å²) >= 11 is -2.61. The molecule has 0 heterocycles. The van der Waals surface area contributed by atoms with Crippen molar-refractivity contribution in [3.63, 3.8) is 0 Å². The van der Waals surface area contributed by atoms with Crippen LogP contribution in [-0.4, -0.2) is 42.9 Å². The van der Waals surface area contributed by atoms with Gasteiger partial charge in [0, 0.05) is 0 Å². The van der Waals surface area contributed by atoms with Gasteiger partial charge in [0.05, 0.1) is 0 Å². The van der Waals surface area contributed by atoms with Gasteiger partial charge in [-0.3, -0.25) is 13.8 Å². The van der Waals surface area contributed by atoms with E-state index in [9.17, 15) is 0 Å². The summed E-state index contributed by atoms with van der Waals surface area (Å²) in [5.74, 6) is 0. The molecule has 0 saturated carbocycles. The Kier molecular flexibility index (Phi) is 24.6. The first-order valence-electron chi connectivity index (χ1n) is 0.532. The van der Waals surface area contributed by atoms with Gasteiger partial charge in [-0.2, -0.15) is 4.21 Å². The van der Waals surface area contributed by atoms with Crippen LogP contribution < -0.4 is 0 Å². The molecule has 0 radical (unpaired) electrons. The molecule has 0 aromatic carbocycles. The number of rotatable bonds is 0. The summed E-state index contributed by atoms with van der Waals surface area (Å²) in [4.78, 5) is 0. The van der Waals surface area contributed by atoms with Gasteiger partial charge in [-0.1, -0.05) is 0 Å². The summed E-state index contributed by atoms with van der Waals surface area (Å²) in [5.41, 5.74) is 0. The molecular formula is H4FNaO3S. The fourth-order valence-electron chi connectivity index (χ4n) is 0. The summed E-state index contributed by atoms with van der Waals surface area (Å²) in [6.45, 7) is 0. The van der Waals surface area contributed by atoms with Crippen LogP contribution in [0.4, 0.5) is 4.70 Å². The zero-order valence-corrected chi connectivity index (χ0v) is 2.94. The fourth-order valence-corrected chi connectivity index (χ4v) is 0. The Morgan fingerprint density at radius 3 is 1.33 bits per heavy atom. The first-order chi connectivity index (χ1) is 1.73. The Balaban J connectivity index is -0.0000000450. The minimum absolute atomic E-state index is 0. The van der Waals surface area contributed by atoms with E-state index in [0.717, 1.165) is 0 Å². The summed E-state index contributed by atoms with van der Waals surface area (Å²) in [6.07, 6.45) is 0. The number of hydrogen-bond donors (Lipinski definition) is 2. The number of halogens is 1. The SMILES string of the molecule is F.O=S(O)O.[NaH]. The molecule has 0 spiro atoms. The van der Waals surface area contributed by atoms with Gasteiger partial charge >= 0.3 is 29.6 Å². The van der Waals surface area contributed by atoms with Crippen molar-refractivity contribution < 1.29 is 18.0 Å². The summed E-state index contributed by atoms with van der Waals surface area (Å²) in [5, 5.41) is 0. The molecule has 0 amide bonds. The van der Waals surface area contributed by atoms with Gasteiger partial charge in [0.25, 0.3) is 11.4 Å². The molecule has 36 valence electrons. The van der Waals surface area contributed by atoms with E-state index in [4.69, 9.17) is 13.3 Å². The molecule has 0 atom stereocenters. The van der Waals surface area contributed by atoms with Crippen LogP contribution in [0.5, 0.6) is 0 Å². The second kappa shape index (κ2) is 9.38. The number of hydrogen-bond acceptors (Lipinski definition) is 1. The molecule has 0 aromatic heterocycles. The quantitative estimate of drug-likeness (QED) is 0.329. The molecule has 0 fully saturated rings. The maximum absolute atomic E-state index is 8.67. The molecule has 0 unspecified atom stereocenters. The van der Waals surface area contributed by atoms with Crippen LogP contribution in [0.1, 0.15) is 0 Å². The molecule has 0 aliphatic carbocycles. The van der Waals surface area contributed by atoms with Gasteiger partial charge in [0.2, 0.25) is 0 Å². The molecule has 0 rings (SSSR count). The Hall–Kier alpha value is 1.00. The Morgan fingerprint density at radius 1 is 1.33 bits per heavy atom. The molecule has 0 saturated heterocycles. The van der Waals surface area contributed by atoms with E-state index in [0.29, 0.717) is 0 Å². The van der Waals surface area contributed by atoms with Crippen molar-refractivity contribution in [3.05, 3.63) is 0 Å². The van der Waals surface area contributed by atoms with E-state index in [2.05, 4.69) is 0 Å². The van der Waals surface area contributed by atoms with E-state index < -0.39 is 11.4 Å². The van der Waals surface area contributed by atoms with Crippen LogP contribution in [-0.2, 0) is 11.4 Å². The van der Waals surface area contributed by atoms with Gasteiger partial charge in [0.1, 0.15) is 0 Å². The summed E-state index contributed by atoms with van der Waals surface area (Å²) < 4.78 is 22.8. The summed E-state index contributed by atoms with van der Waals surface area (Å²) in [7, 11) is 0. The first kappa shape index (κ1) is 15.8. The van der Waals surface area contributed by atoms with Gasteiger partial charge in [0.15, 0.2) is 0 Å². The van der Waals surface area contributed by atoms with Crippen LogP contribution in [0.3, 0.4) is 0 Å². The van der Waals surface area contributed by atoms with Crippen molar-refractivity contribution in [1.82, 2.24) is 0 Å². The Morgan fingerprint density at radius 2 is 1.33 bits per heavy atom. The Bertz CT molecular complexity index is 33.8. The molecule has 0 bridgehead atoms. The summed E-state index contributed by atoms with van der Waals surface area (Å²) in [6, 6.07) is 0. The standard InChI is InChI=1S/FH.Na.H2O3S.H/c;;1-4(2)3;/h1H;;(H2,1,2,3);. The van der Waals surface area contributed by atoms with Crippen LogP contribution >= 0.6 is 0 Å². The first-order valence-corrected chi connectivity index (χ1v) is 1.60. The molecule has 3 nitrogen and oxygen atoms in total. The van der Waals surface area contributed by atoms with Crippen LogP contribution in [0, 0.1) is 0 Å². The van der Waals surface area contributed by atoms with Crippen molar-refractivity contribution in [2.75, 3.05) is 0 Å².